The number of azide groups is 2. The number of benzene rings is 2. The Bertz CT molecular complexity index is 852. The summed E-state index contributed by atoms with van der Waals surface area (Å²) in [6.07, 6.45) is 0.962. The van der Waals surface area contributed by atoms with Crippen molar-refractivity contribution in [2.75, 3.05) is 0 Å². The van der Waals surface area contributed by atoms with Crippen LogP contribution in [0.15, 0.2) is 70.9 Å². The molecule has 1 aliphatic rings. The quantitative estimate of drug-likeness (QED) is 0.283. The van der Waals surface area contributed by atoms with Gasteiger partial charge in [-0.15, -0.1) is 0 Å². The van der Waals surface area contributed by atoms with Crippen molar-refractivity contribution in [2.24, 2.45) is 10.2 Å². The zero-order chi connectivity index (χ0) is 20.9. The van der Waals surface area contributed by atoms with E-state index >= 15 is 0 Å². The van der Waals surface area contributed by atoms with Gasteiger partial charge in [-0.25, -0.2) is 0 Å². The van der Waals surface area contributed by atoms with Crippen molar-refractivity contribution in [3.8, 4) is 0 Å². The van der Waals surface area contributed by atoms with Gasteiger partial charge in [0.15, 0.2) is 0 Å². The first-order valence-electron chi connectivity index (χ1n) is 9.79. The van der Waals surface area contributed by atoms with Crippen molar-refractivity contribution >= 4 is 18.7 Å². The standard InChI is InChI=1S/C21H26N6OSi/c1-21(2,3)29(17-10-6-4-7-11-17,18-12-8-5-9-13-18)28-16-14-19(24-26-22)20(15-16)25-27-23/h4-13,16,19-20H,14-15H2,1-3H3. The maximum Gasteiger partial charge on any atom is 0.261 e. The Hall–Kier alpha value is -2.76. The summed E-state index contributed by atoms with van der Waals surface area (Å²) in [4.78, 5) is 5.89. The van der Waals surface area contributed by atoms with Gasteiger partial charge in [0.1, 0.15) is 0 Å². The van der Waals surface area contributed by atoms with E-state index in [2.05, 4.69) is 89.4 Å². The minimum Gasteiger partial charge on any atom is -0.404 e. The van der Waals surface area contributed by atoms with Crippen molar-refractivity contribution in [3.05, 3.63) is 81.5 Å². The molecular formula is C21H26N6OSi. The van der Waals surface area contributed by atoms with Gasteiger partial charge in [0, 0.05) is 28.0 Å². The second-order valence-electron chi connectivity index (χ2n) is 8.42. The highest BCUT2D eigenvalue weighted by molar-refractivity contribution is 6.99. The summed E-state index contributed by atoms with van der Waals surface area (Å²) in [6.45, 7) is 6.68. The number of hydrogen-bond acceptors (Lipinski definition) is 3. The van der Waals surface area contributed by atoms with Crippen LogP contribution in [0.1, 0.15) is 33.6 Å². The molecule has 0 aromatic heterocycles. The molecular weight excluding hydrogens is 380 g/mol. The topological polar surface area (TPSA) is 107 Å². The van der Waals surface area contributed by atoms with Gasteiger partial charge < -0.3 is 4.43 Å². The second-order valence-corrected chi connectivity index (χ2v) is 12.7. The smallest absolute Gasteiger partial charge is 0.261 e. The Morgan fingerprint density at radius 2 is 1.24 bits per heavy atom. The lowest BCUT2D eigenvalue weighted by molar-refractivity contribution is 0.192. The fraction of sp³-hybridized carbons (Fsp3) is 0.429. The predicted molar refractivity (Wildman–Crippen MR) is 118 cm³/mol. The Kier molecular flexibility index (Phi) is 6.30. The van der Waals surface area contributed by atoms with Crippen molar-refractivity contribution in [1.29, 1.82) is 0 Å². The van der Waals surface area contributed by atoms with Crippen LogP contribution in [0.5, 0.6) is 0 Å². The van der Waals surface area contributed by atoms with Crippen LogP contribution in [-0.4, -0.2) is 26.5 Å². The molecule has 0 heterocycles. The SMILES string of the molecule is CC(C)(C)[Si](OC1CC(N=[N+]=[N-])C(N=[N+]=[N-])C1)(c1ccccc1)c1ccccc1. The minimum absolute atomic E-state index is 0.139. The van der Waals surface area contributed by atoms with Gasteiger partial charge in [0.05, 0.1) is 0 Å². The van der Waals surface area contributed by atoms with E-state index in [1.165, 1.54) is 10.4 Å². The molecule has 0 radical (unpaired) electrons. The van der Waals surface area contributed by atoms with E-state index in [0.717, 1.165) is 0 Å². The number of hydrogen-bond donors (Lipinski definition) is 0. The molecule has 2 aromatic carbocycles. The van der Waals surface area contributed by atoms with E-state index in [-0.39, 0.29) is 23.2 Å². The summed E-state index contributed by atoms with van der Waals surface area (Å²) in [5.41, 5.74) is 17.8. The average molecular weight is 407 g/mol. The molecule has 29 heavy (non-hydrogen) atoms. The molecule has 1 aliphatic carbocycles. The molecule has 1 saturated carbocycles. The predicted octanol–water partition coefficient (Wildman–Crippen LogP) is 5.08. The van der Waals surface area contributed by atoms with Gasteiger partial charge in [-0.3, -0.25) is 0 Å². The van der Waals surface area contributed by atoms with E-state index in [9.17, 15) is 0 Å². The van der Waals surface area contributed by atoms with E-state index < -0.39 is 8.32 Å². The summed E-state index contributed by atoms with van der Waals surface area (Å²) in [5.74, 6) is 0. The number of rotatable bonds is 6. The van der Waals surface area contributed by atoms with Crippen LogP contribution in [0.25, 0.3) is 20.9 Å². The third-order valence-corrected chi connectivity index (χ3v) is 10.7. The van der Waals surface area contributed by atoms with Crippen LogP contribution in [-0.2, 0) is 4.43 Å². The van der Waals surface area contributed by atoms with Crippen LogP contribution in [0.3, 0.4) is 0 Å². The minimum atomic E-state index is -2.69. The Labute approximate surface area is 172 Å². The van der Waals surface area contributed by atoms with Crippen molar-refractivity contribution in [3.63, 3.8) is 0 Å². The lowest BCUT2D eigenvalue weighted by Gasteiger charge is -2.44. The summed E-state index contributed by atoms with van der Waals surface area (Å²) < 4.78 is 7.06. The first-order valence-corrected chi connectivity index (χ1v) is 11.7. The fourth-order valence-corrected chi connectivity index (χ4v) is 9.07. The molecule has 0 N–H and O–H groups in total. The Morgan fingerprint density at radius 3 is 1.59 bits per heavy atom. The van der Waals surface area contributed by atoms with Crippen LogP contribution < -0.4 is 10.4 Å². The molecule has 0 saturated heterocycles. The third kappa shape index (κ3) is 4.16. The van der Waals surface area contributed by atoms with Crippen molar-refractivity contribution < 1.29 is 4.43 Å². The molecule has 3 rings (SSSR count). The summed E-state index contributed by atoms with van der Waals surface area (Å²) in [5, 5.41) is 9.99. The highest BCUT2D eigenvalue weighted by Gasteiger charge is 2.52. The van der Waals surface area contributed by atoms with Crippen LogP contribution in [0.2, 0.25) is 5.04 Å². The van der Waals surface area contributed by atoms with Gasteiger partial charge >= 0.3 is 0 Å². The zero-order valence-corrected chi connectivity index (χ0v) is 18.0. The molecule has 2 aromatic rings. The van der Waals surface area contributed by atoms with Gasteiger partial charge in [0.25, 0.3) is 8.32 Å². The third-order valence-electron chi connectivity index (χ3n) is 5.61. The first kappa shape index (κ1) is 21.0. The monoisotopic (exact) mass is 406 g/mol. The van der Waals surface area contributed by atoms with Gasteiger partial charge in [-0.2, -0.15) is 0 Å². The molecule has 2 atom stereocenters. The lowest BCUT2D eigenvalue weighted by Crippen LogP contribution is -2.67. The normalized spacial score (nSPS) is 21.8. The summed E-state index contributed by atoms with van der Waals surface area (Å²) >= 11 is 0. The molecule has 0 bridgehead atoms. The van der Waals surface area contributed by atoms with Crippen LogP contribution in [0.4, 0.5) is 0 Å². The summed E-state index contributed by atoms with van der Waals surface area (Å²) in [7, 11) is -2.69. The molecule has 8 heteroatoms. The molecule has 0 amide bonds. The van der Waals surface area contributed by atoms with E-state index in [1.54, 1.807) is 0 Å². The maximum atomic E-state index is 8.91. The first-order chi connectivity index (χ1) is 13.9. The van der Waals surface area contributed by atoms with Crippen LogP contribution in [0, 0.1) is 0 Å². The van der Waals surface area contributed by atoms with E-state index in [1.807, 2.05) is 12.1 Å². The van der Waals surface area contributed by atoms with Crippen molar-refractivity contribution in [1.82, 2.24) is 0 Å². The zero-order valence-electron chi connectivity index (χ0n) is 17.0. The highest BCUT2D eigenvalue weighted by Crippen LogP contribution is 2.40. The van der Waals surface area contributed by atoms with Gasteiger partial charge in [-0.05, 0) is 39.3 Å². The molecule has 150 valence electrons. The molecule has 0 aliphatic heterocycles. The van der Waals surface area contributed by atoms with E-state index in [0.29, 0.717) is 12.8 Å². The Morgan fingerprint density at radius 1 is 0.828 bits per heavy atom. The fourth-order valence-electron chi connectivity index (χ4n) is 4.37. The molecule has 7 nitrogen and oxygen atoms in total. The molecule has 1 fully saturated rings. The van der Waals surface area contributed by atoms with Gasteiger partial charge in [0.2, 0.25) is 0 Å². The molecule has 2 unspecified atom stereocenters. The number of nitrogens with zero attached hydrogens (tertiary/aromatic N) is 6. The van der Waals surface area contributed by atoms with E-state index in [4.69, 9.17) is 15.5 Å². The highest BCUT2D eigenvalue weighted by atomic mass is 28.4. The largest absolute Gasteiger partial charge is 0.404 e. The second kappa shape index (κ2) is 8.72. The van der Waals surface area contributed by atoms with Crippen LogP contribution >= 0.6 is 0 Å². The van der Waals surface area contributed by atoms with Crippen molar-refractivity contribution in [2.45, 2.75) is 56.8 Å². The summed E-state index contributed by atoms with van der Waals surface area (Å²) in [6, 6.07) is 20.1. The maximum absolute atomic E-state index is 8.91. The molecule has 0 spiro atoms. The van der Waals surface area contributed by atoms with Gasteiger partial charge in [-0.1, -0.05) is 91.7 Å². The Balaban J connectivity index is 2.09. The average Bonchev–Trinajstić information content (AvgIpc) is 3.08. The lowest BCUT2D eigenvalue weighted by atomic mass is 10.2.